The smallest absolute Gasteiger partial charge is 0.261 e. The maximum absolute atomic E-state index is 12.5. The highest BCUT2D eigenvalue weighted by Crippen LogP contribution is 2.29. The fourth-order valence-corrected chi connectivity index (χ4v) is 3.34. The van der Waals surface area contributed by atoms with Gasteiger partial charge >= 0.3 is 0 Å². The fourth-order valence-electron chi connectivity index (χ4n) is 2.98. The summed E-state index contributed by atoms with van der Waals surface area (Å²) in [5, 5.41) is 5.31. The zero-order valence-corrected chi connectivity index (χ0v) is 17.3. The summed E-state index contributed by atoms with van der Waals surface area (Å²) >= 11 is 3.28. The standard InChI is InChI=1S/C20H18BrN3O5/c1-11(25)22-13-4-6-17(29-2)16(10-13)23-18(26)7-8-24-19(27)14-5-3-12(21)9-15(14)20(24)28/h3-6,9-10H,7-8H2,1-2H3,(H,22,25)(H,23,26). The number of carbonyl (C=O) groups excluding carboxylic acids is 4. The van der Waals surface area contributed by atoms with Gasteiger partial charge in [0.1, 0.15) is 5.75 Å². The van der Waals surface area contributed by atoms with E-state index in [1.807, 2.05) is 0 Å². The van der Waals surface area contributed by atoms with Crippen molar-refractivity contribution < 1.29 is 23.9 Å². The van der Waals surface area contributed by atoms with Crippen LogP contribution in [0.25, 0.3) is 0 Å². The van der Waals surface area contributed by atoms with Crippen LogP contribution in [0.2, 0.25) is 0 Å². The molecule has 2 N–H and O–H groups in total. The number of carbonyl (C=O) groups is 4. The maximum atomic E-state index is 12.5. The third-order valence-corrected chi connectivity index (χ3v) is 4.78. The first-order valence-corrected chi connectivity index (χ1v) is 9.50. The van der Waals surface area contributed by atoms with Gasteiger partial charge in [-0.15, -0.1) is 0 Å². The summed E-state index contributed by atoms with van der Waals surface area (Å²) < 4.78 is 5.92. The number of ether oxygens (including phenoxy) is 1. The van der Waals surface area contributed by atoms with Gasteiger partial charge in [-0.25, -0.2) is 0 Å². The zero-order valence-electron chi connectivity index (χ0n) is 15.7. The molecule has 4 amide bonds. The Morgan fingerprint density at radius 2 is 1.76 bits per heavy atom. The van der Waals surface area contributed by atoms with Crippen molar-refractivity contribution in [3.8, 4) is 5.75 Å². The molecule has 0 saturated heterocycles. The van der Waals surface area contributed by atoms with Crippen molar-refractivity contribution in [2.75, 3.05) is 24.3 Å². The SMILES string of the molecule is COc1ccc(NC(C)=O)cc1NC(=O)CCN1C(=O)c2ccc(Br)cc2C1=O. The number of fused-ring (bicyclic) bond motifs is 1. The molecule has 1 heterocycles. The molecule has 9 heteroatoms. The van der Waals surface area contributed by atoms with Crippen LogP contribution < -0.4 is 15.4 Å². The molecule has 0 aliphatic carbocycles. The van der Waals surface area contributed by atoms with Gasteiger partial charge in [-0.3, -0.25) is 24.1 Å². The molecular weight excluding hydrogens is 442 g/mol. The molecule has 2 aromatic carbocycles. The fraction of sp³-hybridized carbons (Fsp3) is 0.200. The second kappa shape index (κ2) is 8.44. The lowest BCUT2D eigenvalue weighted by Gasteiger charge is -2.15. The minimum Gasteiger partial charge on any atom is -0.495 e. The first-order valence-electron chi connectivity index (χ1n) is 8.71. The van der Waals surface area contributed by atoms with Crippen LogP contribution in [0.15, 0.2) is 40.9 Å². The van der Waals surface area contributed by atoms with Gasteiger partial charge in [0.2, 0.25) is 11.8 Å². The molecule has 0 aromatic heterocycles. The van der Waals surface area contributed by atoms with Gasteiger partial charge in [-0.1, -0.05) is 15.9 Å². The maximum Gasteiger partial charge on any atom is 0.261 e. The summed E-state index contributed by atoms with van der Waals surface area (Å²) in [5.74, 6) is -1.08. The summed E-state index contributed by atoms with van der Waals surface area (Å²) in [7, 11) is 1.46. The third-order valence-electron chi connectivity index (χ3n) is 4.29. The van der Waals surface area contributed by atoms with Gasteiger partial charge in [0.15, 0.2) is 0 Å². The number of methoxy groups -OCH3 is 1. The second-order valence-corrected chi connectivity index (χ2v) is 7.26. The van der Waals surface area contributed by atoms with Crippen LogP contribution in [-0.2, 0) is 9.59 Å². The van der Waals surface area contributed by atoms with Gasteiger partial charge < -0.3 is 15.4 Å². The Labute approximate surface area is 175 Å². The van der Waals surface area contributed by atoms with Gasteiger partial charge in [0, 0.05) is 30.0 Å². The molecule has 0 fully saturated rings. The van der Waals surface area contributed by atoms with Crippen LogP contribution in [0, 0.1) is 0 Å². The van der Waals surface area contributed by atoms with E-state index in [4.69, 9.17) is 4.74 Å². The third kappa shape index (κ3) is 4.45. The van der Waals surface area contributed by atoms with Crippen molar-refractivity contribution in [2.45, 2.75) is 13.3 Å². The molecule has 0 unspecified atom stereocenters. The molecule has 150 valence electrons. The lowest BCUT2D eigenvalue weighted by molar-refractivity contribution is -0.116. The monoisotopic (exact) mass is 459 g/mol. The summed E-state index contributed by atoms with van der Waals surface area (Å²) in [5.41, 5.74) is 1.51. The number of halogens is 1. The van der Waals surface area contributed by atoms with Crippen LogP contribution in [-0.4, -0.2) is 42.2 Å². The largest absolute Gasteiger partial charge is 0.495 e. The van der Waals surface area contributed by atoms with Crippen molar-refractivity contribution in [1.29, 1.82) is 0 Å². The quantitative estimate of drug-likeness (QED) is 0.645. The Bertz CT molecular complexity index is 1020. The van der Waals surface area contributed by atoms with E-state index >= 15 is 0 Å². The summed E-state index contributed by atoms with van der Waals surface area (Å²) in [6.07, 6.45) is -0.0832. The average Bonchev–Trinajstić information content (AvgIpc) is 2.89. The van der Waals surface area contributed by atoms with E-state index in [1.165, 1.54) is 14.0 Å². The van der Waals surface area contributed by atoms with Crippen molar-refractivity contribution in [1.82, 2.24) is 4.90 Å². The predicted octanol–water partition coefficient (Wildman–Crippen LogP) is 3.04. The van der Waals surface area contributed by atoms with Gasteiger partial charge in [-0.2, -0.15) is 0 Å². The van der Waals surface area contributed by atoms with Crippen LogP contribution in [0.1, 0.15) is 34.1 Å². The number of benzene rings is 2. The molecule has 3 rings (SSSR count). The molecule has 0 bridgehead atoms. The molecule has 2 aromatic rings. The number of hydrogen-bond acceptors (Lipinski definition) is 5. The highest BCUT2D eigenvalue weighted by Gasteiger charge is 2.35. The first-order chi connectivity index (χ1) is 13.8. The molecule has 1 aliphatic rings. The van der Waals surface area contributed by atoms with Gasteiger partial charge in [-0.05, 0) is 36.4 Å². The highest BCUT2D eigenvalue weighted by molar-refractivity contribution is 9.10. The van der Waals surface area contributed by atoms with E-state index in [2.05, 4.69) is 26.6 Å². The highest BCUT2D eigenvalue weighted by atomic mass is 79.9. The minimum atomic E-state index is -0.427. The van der Waals surface area contributed by atoms with Crippen LogP contribution in [0.3, 0.4) is 0 Å². The molecule has 29 heavy (non-hydrogen) atoms. The van der Waals surface area contributed by atoms with Crippen molar-refractivity contribution in [2.24, 2.45) is 0 Å². The van der Waals surface area contributed by atoms with E-state index in [0.29, 0.717) is 32.7 Å². The Kier molecular flexibility index (Phi) is 5.97. The second-order valence-electron chi connectivity index (χ2n) is 6.35. The number of nitrogens with one attached hydrogen (secondary N) is 2. The Morgan fingerprint density at radius 3 is 2.45 bits per heavy atom. The summed E-state index contributed by atoms with van der Waals surface area (Å²) in [6, 6.07) is 9.69. The number of nitrogens with zero attached hydrogens (tertiary/aromatic N) is 1. The van der Waals surface area contributed by atoms with E-state index in [1.54, 1.807) is 36.4 Å². The molecule has 8 nitrogen and oxygen atoms in total. The topological polar surface area (TPSA) is 105 Å². The number of amides is 4. The lowest BCUT2D eigenvalue weighted by atomic mass is 10.1. The number of imide groups is 1. The molecular formula is C20H18BrN3O5. The number of hydrogen-bond donors (Lipinski definition) is 2. The van der Waals surface area contributed by atoms with E-state index < -0.39 is 17.7 Å². The number of anilines is 2. The predicted molar refractivity (Wildman–Crippen MR) is 110 cm³/mol. The van der Waals surface area contributed by atoms with Crippen LogP contribution in [0.5, 0.6) is 5.75 Å². The van der Waals surface area contributed by atoms with E-state index in [-0.39, 0.29) is 18.9 Å². The van der Waals surface area contributed by atoms with Crippen molar-refractivity contribution in [3.05, 3.63) is 52.0 Å². The van der Waals surface area contributed by atoms with Crippen LogP contribution in [0.4, 0.5) is 11.4 Å². The minimum absolute atomic E-state index is 0.0521. The lowest BCUT2D eigenvalue weighted by Crippen LogP contribution is -2.32. The molecule has 0 saturated carbocycles. The summed E-state index contributed by atoms with van der Waals surface area (Å²) in [6.45, 7) is 1.33. The average molecular weight is 460 g/mol. The Morgan fingerprint density at radius 1 is 1.03 bits per heavy atom. The molecule has 1 aliphatic heterocycles. The summed E-state index contributed by atoms with van der Waals surface area (Å²) in [4.78, 5) is 49.6. The Balaban J connectivity index is 1.67. The zero-order chi connectivity index (χ0) is 21.1. The molecule has 0 radical (unpaired) electrons. The Hall–Kier alpha value is -3.20. The number of rotatable bonds is 6. The normalized spacial score (nSPS) is 12.6. The molecule has 0 spiro atoms. The van der Waals surface area contributed by atoms with E-state index in [9.17, 15) is 19.2 Å². The van der Waals surface area contributed by atoms with Crippen LogP contribution >= 0.6 is 15.9 Å². The van der Waals surface area contributed by atoms with Crippen molar-refractivity contribution in [3.63, 3.8) is 0 Å². The van der Waals surface area contributed by atoms with Gasteiger partial charge in [0.25, 0.3) is 11.8 Å². The van der Waals surface area contributed by atoms with E-state index in [0.717, 1.165) is 4.90 Å². The van der Waals surface area contributed by atoms with Crippen molar-refractivity contribution >= 4 is 50.9 Å². The molecule has 0 atom stereocenters. The first kappa shape index (κ1) is 20.5. The van der Waals surface area contributed by atoms with Gasteiger partial charge in [0.05, 0.1) is 23.9 Å².